The minimum Gasteiger partial charge on any atom is -0.481 e. The molecule has 0 atom stereocenters. The van der Waals surface area contributed by atoms with Gasteiger partial charge in [-0.05, 0) is 0 Å². The molecule has 0 saturated carbocycles. The van der Waals surface area contributed by atoms with Gasteiger partial charge in [0.25, 0.3) is 0 Å². The van der Waals surface area contributed by atoms with Crippen molar-refractivity contribution < 1.29 is 158 Å². The first-order chi connectivity index (χ1) is 9.38. The summed E-state index contributed by atoms with van der Waals surface area (Å²) in [5.74, 6) is -7.88. The van der Waals surface area contributed by atoms with Crippen LogP contribution in [-0.4, -0.2) is 66.5 Å². The first-order valence-electron chi connectivity index (χ1n) is 4.69. The van der Waals surface area contributed by atoms with Gasteiger partial charge in [0, 0.05) is 98.8 Å². The number of carbonyl (C=O) groups is 6. The first kappa shape index (κ1) is 34.3. The Kier molecular flexibility index (Phi) is 32.8. The molecule has 0 aromatic heterocycles. The molecule has 2 radical (unpaired) electrons. The van der Waals surface area contributed by atoms with Crippen molar-refractivity contribution in [2.45, 2.75) is 19.3 Å². The zero-order valence-corrected chi connectivity index (χ0v) is 15.9. The van der Waals surface area contributed by atoms with Crippen molar-refractivity contribution in [2.24, 2.45) is 0 Å². The summed E-state index contributed by atoms with van der Waals surface area (Å²) in [5.41, 5.74) is 0. The van der Waals surface area contributed by atoms with Gasteiger partial charge in [-0.2, -0.15) is 0 Å². The Morgan fingerprint density at radius 1 is 0.391 bits per heavy atom. The van der Waals surface area contributed by atoms with Crippen LogP contribution < -0.4 is 0 Å². The molecule has 134 valence electrons. The zero-order chi connectivity index (χ0) is 17.6. The van der Waals surface area contributed by atoms with E-state index in [0.29, 0.717) is 0 Å². The molecular formula is C9H12Eu2O12. The fraction of sp³-hybridized carbons (Fsp3) is 0.333. The van der Waals surface area contributed by atoms with Gasteiger partial charge in [0.2, 0.25) is 0 Å². The summed E-state index contributed by atoms with van der Waals surface area (Å²) in [6, 6.07) is 0. The van der Waals surface area contributed by atoms with E-state index in [1.165, 1.54) is 0 Å². The maximum atomic E-state index is 9.43. The van der Waals surface area contributed by atoms with E-state index < -0.39 is 55.1 Å². The van der Waals surface area contributed by atoms with E-state index in [0.717, 1.165) is 0 Å². The van der Waals surface area contributed by atoms with E-state index >= 15 is 0 Å². The fourth-order valence-corrected chi connectivity index (χ4v) is 0.388. The Balaban J connectivity index is -0.0000000675. The van der Waals surface area contributed by atoms with Gasteiger partial charge in [-0.3, -0.25) is 28.8 Å². The van der Waals surface area contributed by atoms with Gasteiger partial charge in [0.05, 0.1) is 0 Å². The Morgan fingerprint density at radius 3 is 0.478 bits per heavy atom. The summed E-state index contributed by atoms with van der Waals surface area (Å²) < 4.78 is 0. The third kappa shape index (κ3) is 61.1. The van der Waals surface area contributed by atoms with Crippen LogP contribution in [0.15, 0.2) is 0 Å². The van der Waals surface area contributed by atoms with Crippen LogP contribution in [0.2, 0.25) is 0 Å². The molecule has 6 N–H and O–H groups in total. The van der Waals surface area contributed by atoms with Crippen LogP contribution in [0.1, 0.15) is 19.3 Å². The van der Waals surface area contributed by atoms with Gasteiger partial charge >= 0.3 is 35.8 Å². The van der Waals surface area contributed by atoms with Crippen LogP contribution in [0.4, 0.5) is 0 Å². The van der Waals surface area contributed by atoms with Crippen molar-refractivity contribution in [3.8, 4) is 0 Å². The summed E-state index contributed by atoms with van der Waals surface area (Å²) in [6.07, 6.45) is -2.42. The van der Waals surface area contributed by atoms with Crippen molar-refractivity contribution in [3.63, 3.8) is 0 Å². The summed E-state index contributed by atoms with van der Waals surface area (Å²) in [6.45, 7) is 0. The third-order valence-corrected chi connectivity index (χ3v) is 0.907. The van der Waals surface area contributed by atoms with Crippen molar-refractivity contribution in [2.75, 3.05) is 0 Å². The third-order valence-electron chi connectivity index (χ3n) is 0.907. The van der Waals surface area contributed by atoms with Crippen LogP contribution in [0, 0.1) is 98.8 Å². The second kappa shape index (κ2) is 22.0. The summed E-state index contributed by atoms with van der Waals surface area (Å²) in [5, 5.41) is 46.2. The molecule has 0 aliphatic rings. The Bertz CT molecular complexity index is 321. The van der Waals surface area contributed by atoms with E-state index in [4.69, 9.17) is 30.6 Å². The minimum absolute atomic E-state index is 0. The van der Waals surface area contributed by atoms with Crippen LogP contribution in [0.3, 0.4) is 0 Å². The van der Waals surface area contributed by atoms with Gasteiger partial charge < -0.3 is 30.6 Å². The molecule has 0 aliphatic carbocycles. The second-order valence-corrected chi connectivity index (χ2v) is 2.89. The van der Waals surface area contributed by atoms with E-state index in [-0.39, 0.29) is 98.8 Å². The molecule has 0 heterocycles. The number of hydrogen-bond donors (Lipinski definition) is 6. The Hall–Kier alpha value is -0.0112. The maximum Gasteiger partial charge on any atom is 0.314 e. The zero-order valence-electron chi connectivity index (χ0n) is 11.0. The first-order valence-corrected chi connectivity index (χ1v) is 4.69. The van der Waals surface area contributed by atoms with Crippen LogP contribution in [0.5, 0.6) is 0 Å². The summed E-state index contributed by atoms with van der Waals surface area (Å²) >= 11 is 0. The number of aliphatic carboxylic acids is 6. The van der Waals surface area contributed by atoms with Gasteiger partial charge in [0.15, 0.2) is 0 Å². The Morgan fingerprint density at radius 2 is 0.478 bits per heavy atom. The van der Waals surface area contributed by atoms with Crippen LogP contribution in [-0.2, 0) is 28.8 Å². The molecule has 0 spiro atoms. The van der Waals surface area contributed by atoms with Crippen molar-refractivity contribution in [1.29, 1.82) is 0 Å². The number of rotatable bonds is 6. The smallest absolute Gasteiger partial charge is 0.314 e. The van der Waals surface area contributed by atoms with Crippen molar-refractivity contribution in [3.05, 3.63) is 0 Å². The Labute approximate surface area is 209 Å². The molecule has 0 amide bonds. The average Bonchev–Trinajstić information content (AvgIpc) is 2.10. The largest absolute Gasteiger partial charge is 0.481 e. The van der Waals surface area contributed by atoms with E-state index in [2.05, 4.69) is 0 Å². The molecular weight excluding hydrogens is 604 g/mol. The molecule has 0 rings (SSSR count). The molecule has 0 aromatic carbocycles. The number of carboxylic acid groups (broad SMARTS) is 6. The second-order valence-electron chi connectivity index (χ2n) is 2.89. The molecule has 23 heavy (non-hydrogen) atoms. The molecule has 0 aliphatic heterocycles. The van der Waals surface area contributed by atoms with E-state index in [1.807, 2.05) is 0 Å². The number of carboxylic acids is 6. The average molecular weight is 616 g/mol. The monoisotopic (exact) mass is 618 g/mol. The fourth-order valence-electron chi connectivity index (χ4n) is 0.388. The normalized spacial score (nSPS) is 7.30. The minimum atomic E-state index is -1.31. The van der Waals surface area contributed by atoms with Gasteiger partial charge in [-0.15, -0.1) is 0 Å². The van der Waals surface area contributed by atoms with Gasteiger partial charge in [-0.25, -0.2) is 0 Å². The van der Waals surface area contributed by atoms with E-state index in [9.17, 15) is 28.8 Å². The molecule has 0 fully saturated rings. The summed E-state index contributed by atoms with van der Waals surface area (Å²) in [7, 11) is 0. The molecule has 0 saturated heterocycles. The molecule has 0 aromatic rings. The molecule has 14 heteroatoms. The SMILES string of the molecule is O=C(O)CC(=O)O.O=C(O)CC(=O)O.O=C(O)CC(=O)O.[Eu].[Eu]. The van der Waals surface area contributed by atoms with Gasteiger partial charge in [-0.1, -0.05) is 0 Å². The predicted octanol–water partition coefficient (Wildman–Crippen LogP) is -1.36. The van der Waals surface area contributed by atoms with Crippen LogP contribution >= 0.6 is 0 Å². The van der Waals surface area contributed by atoms with Crippen molar-refractivity contribution in [1.82, 2.24) is 0 Å². The molecule has 0 unspecified atom stereocenters. The van der Waals surface area contributed by atoms with Crippen molar-refractivity contribution >= 4 is 35.8 Å². The molecule has 0 bridgehead atoms. The van der Waals surface area contributed by atoms with Gasteiger partial charge in [0.1, 0.15) is 19.3 Å². The van der Waals surface area contributed by atoms with E-state index in [1.54, 1.807) is 0 Å². The summed E-state index contributed by atoms with van der Waals surface area (Å²) in [4.78, 5) is 56.6. The quantitative estimate of drug-likeness (QED) is 0.191. The molecule has 12 nitrogen and oxygen atoms in total. The van der Waals surface area contributed by atoms with Crippen LogP contribution in [0.25, 0.3) is 0 Å². The predicted molar refractivity (Wildman–Crippen MR) is 59.7 cm³/mol. The topological polar surface area (TPSA) is 224 Å². The number of hydrogen-bond acceptors (Lipinski definition) is 6. The standard InChI is InChI=1S/3C3H4O4.2Eu/c3*4-2(5)1-3(6)7;;/h3*1H2,(H,4,5)(H,6,7);;. The maximum absolute atomic E-state index is 9.43.